The fourth-order valence-electron chi connectivity index (χ4n) is 0.784. The zero-order valence-electron chi connectivity index (χ0n) is 7.29. The van der Waals surface area contributed by atoms with E-state index in [1.807, 2.05) is 0 Å². The highest BCUT2D eigenvalue weighted by molar-refractivity contribution is 6.30. The molecule has 0 fully saturated rings. The molecular weight excluding hydrogens is 190 g/mol. The first-order valence-corrected chi connectivity index (χ1v) is 4.29. The lowest BCUT2D eigenvalue weighted by atomic mass is 10.3. The van der Waals surface area contributed by atoms with Gasteiger partial charge in [-0.3, -0.25) is 9.78 Å². The molecule has 0 aliphatic carbocycles. The first kappa shape index (κ1) is 9.99. The zero-order valence-corrected chi connectivity index (χ0v) is 8.04. The number of ketones is 1. The number of carbonyl (C=O) groups is 1. The van der Waals surface area contributed by atoms with Crippen molar-refractivity contribution in [2.75, 3.05) is 6.61 Å². The Balaban J connectivity index is 2.41. The fraction of sp³-hybridized carbons (Fsp3) is 0.333. The van der Waals surface area contributed by atoms with Crippen LogP contribution in [0.25, 0.3) is 0 Å². The van der Waals surface area contributed by atoms with Crippen LogP contribution < -0.4 is 4.74 Å². The highest BCUT2D eigenvalue weighted by Crippen LogP contribution is 2.14. The molecule has 70 valence electrons. The average Bonchev–Trinajstić information content (AvgIpc) is 2.03. The maximum absolute atomic E-state index is 10.6. The molecule has 4 heteroatoms. The van der Waals surface area contributed by atoms with Gasteiger partial charge in [0, 0.05) is 18.7 Å². The molecule has 0 saturated carbocycles. The van der Waals surface area contributed by atoms with Crippen molar-refractivity contribution >= 4 is 17.4 Å². The van der Waals surface area contributed by atoms with Crippen LogP contribution in [0.3, 0.4) is 0 Å². The van der Waals surface area contributed by atoms with Crippen molar-refractivity contribution in [2.45, 2.75) is 13.3 Å². The smallest absolute Gasteiger partial charge is 0.139 e. The van der Waals surface area contributed by atoms with E-state index in [2.05, 4.69) is 4.98 Å². The summed E-state index contributed by atoms with van der Waals surface area (Å²) in [6, 6.07) is 1.66. The summed E-state index contributed by atoms with van der Waals surface area (Å²) < 4.78 is 5.23. The van der Waals surface area contributed by atoms with E-state index < -0.39 is 0 Å². The van der Waals surface area contributed by atoms with Gasteiger partial charge in [0.25, 0.3) is 0 Å². The van der Waals surface area contributed by atoms with E-state index in [0.717, 1.165) is 0 Å². The molecule has 0 aromatic carbocycles. The van der Waals surface area contributed by atoms with Crippen molar-refractivity contribution in [2.24, 2.45) is 0 Å². The predicted molar refractivity (Wildman–Crippen MR) is 50.0 cm³/mol. The number of nitrogens with zero attached hydrogens (tertiary/aromatic N) is 1. The Morgan fingerprint density at radius 2 is 2.38 bits per heavy atom. The van der Waals surface area contributed by atoms with Crippen molar-refractivity contribution in [3.8, 4) is 5.75 Å². The highest BCUT2D eigenvalue weighted by Gasteiger charge is 1.97. The van der Waals surface area contributed by atoms with E-state index >= 15 is 0 Å². The van der Waals surface area contributed by atoms with Gasteiger partial charge in [-0.2, -0.15) is 0 Å². The van der Waals surface area contributed by atoms with Gasteiger partial charge in [-0.15, -0.1) is 0 Å². The van der Waals surface area contributed by atoms with Crippen LogP contribution in [-0.2, 0) is 4.79 Å². The van der Waals surface area contributed by atoms with Crippen molar-refractivity contribution in [3.63, 3.8) is 0 Å². The van der Waals surface area contributed by atoms with Crippen LogP contribution in [0.5, 0.6) is 5.75 Å². The summed E-state index contributed by atoms with van der Waals surface area (Å²) in [6.07, 6.45) is 3.50. The van der Waals surface area contributed by atoms with Gasteiger partial charge in [-0.1, -0.05) is 11.6 Å². The second kappa shape index (κ2) is 4.82. The topological polar surface area (TPSA) is 39.2 Å². The first-order valence-electron chi connectivity index (χ1n) is 3.91. The van der Waals surface area contributed by atoms with Gasteiger partial charge in [0.2, 0.25) is 0 Å². The van der Waals surface area contributed by atoms with Gasteiger partial charge in [-0.05, 0) is 6.92 Å². The van der Waals surface area contributed by atoms with Gasteiger partial charge in [0.05, 0.1) is 17.8 Å². The van der Waals surface area contributed by atoms with Crippen LogP contribution >= 0.6 is 11.6 Å². The summed E-state index contributed by atoms with van der Waals surface area (Å²) in [4.78, 5) is 14.4. The minimum absolute atomic E-state index is 0.106. The normalized spacial score (nSPS) is 9.69. The number of hydrogen-bond acceptors (Lipinski definition) is 3. The largest absolute Gasteiger partial charge is 0.491 e. The Morgan fingerprint density at radius 1 is 1.62 bits per heavy atom. The number of hydrogen-bond donors (Lipinski definition) is 0. The van der Waals surface area contributed by atoms with E-state index in [9.17, 15) is 4.79 Å². The van der Waals surface area contributed by atoms with E-state index in [1.165, 1.54) is 13.1 Å². The molecule has 1 aromatic rings. The number of carbonyl (C=O) groups excluding carboxylic acids is 1. The molecule has 1 heterocycles. The molecule has 0 unspecified atom stereocenters. The summed E-state index contributed by atoms with van der Waals surface area (Å²) in [5.41, 5.74) is 0. The lowest BCUT2D eigenvalue weighted by Gasteiger charge is -2.03. The molecule has 0 bridgehead atoms. The number of ether oxygens (including phenoxy) is 1. The Labute approximate surface area is 81.7 Å². The van der Waals surface area contributed by atoms with E-state index in [4.69, 9.17) is 16.3 Å². The molecule has 13 heavy (non-hydrogen) atoms. The second-order valence-corrected chi connectivity index (χ2v) is 3.08. The Morgan fingerprint density at radius 3 is 3.00 bits per heavy atom. The van der Waals surface area contributed by atoms with Crippen LogP contribution in [0.2, 0.25) is 5.02 Å². The maximum Gasteiger partial charge on any atom is 0.139 e. The molecule has 0 N–H and O–H groups in total. The maximum atomic E-state index is 10.6. The van der Waals surface area contributed by atoms with Crippen molar-refractivity contribution in [3.05, 3.63) is 23.5 Å². The zero-order chi connectivity index (χ0) is 9.68. The standard InChI is InChI=1S/C9H10ClNO2/c1-7(12)2-3-13-9-4-8(10)5-11-6-9/h4-6H,2-3H2,1H3. The lowest BCUT2D eigenvalue weighted by Crippen LogP contribution is -2.02. The summed E-state index contributed by atoms with van der Waals surface area (Å²) in [7, 11) is 0. The summed E-state index contributed by atoms with van der Waals surface area (Å²) >= 11 is 5.68. The highest BCUT2D eigenvalue weighted by atomic mass is 35.5. The van der Waals surface area contributed by atoms with Crippen LogP contribution in [0.15, 0.2) is 18.5 Å². The number of rotatable bonds is 4. The van der Waals surface area contributed by atoms with Gasteiger partial charge >= 0.3 is 0 Å². The molecule has 1 aromatic heterocycles. The minimum Gasteiger partial charge on any atom is -0.491 e. The number of aromatic nitrogens is 1. The second-order valence-electron chi connectivity index (χ2n) is 2.64. The summed E-state index contributed by atoms with van der Waals surface area (Å²) in [5.74, 6) is 0.698. The molecular formula is C9H10ClNO2. The van der Waals surface area contributed by atoms with Crippen molar-refractivity contribution in [1.29, 1.82) is 0 Å². The van der Waals surface area contributed by atoms with Crippen LogP contribution in [0, 0.1) is 0 Å². The third kappa shape index (κ3) is 3.90. The SMILES string of the molecule is CC(=O)CCOc1cncc(Cl)c1. The Bertz CT molecular complexity index is 301. The summed E-state index contributed by atoms with van der Waals surface area (Å²) in [5, 5.41) is 0.528. The monoisotopic (exact) mass is 199 g/mol. The van der Waals surface area contributed by atoms with Crippen LogP contribution in [0.4, 0.5) is 0 Å². The lowest BCUT2D eigenvalue weighted by molar-refractivity contribution is -0.117. The molecule has 0 aliphatic heterocycles. The average molecular weight is 200 g/mol. The van der Waals surface area contributed by atoms with E-state index in [-0.39, 0.29) is 5.78 Å². The van der Waals surface area contributed by atoms with Gasteiger partial charge in [0.15, 0.2) is 0 Å². The molecule has 0 amide bonds. The molecule has 0 aliphatic rings. The van der Waals surface area contributed by atoms with Crippen molar-refractivity contribution in [1.82, 2.24) is 4.98 Å². The molecule has 1 rings (SSSR count). The number of Topliss-reactive ketones (excluding diaryl/α,β-unsaturated/α-hetero) is 1. The molecule has 3 nitrogen and oxygen atoms in total. The van der Waals surface area contributed by atoms with Crippen LogP contribution in [-0.4, -0.2) is 17.4 Å². The number of pyridine rings is 1. The minimum atomic E-state index is 0.106. The number of halogens is 1. The third-order valence-corrected chi connectivity index (χ3v) is 1.61. The Hall–Kier alpha value is -1.09. The van der Waals surface area contributed by atoms with Gasteiger partial charge in [-0.25, -0.2) is 0 Å². The summed E-state index contributed by atoms with van der Waals surface area (Å²) in [6.45, 7) is 1.90. The Kier molecular flexibility index (Phi) is 3.71. The predicted octanol–water partition coefficient (Wildman–Crippen LogP) is 2.09. The fourth-order valence-corrected chi connectivity index (χ4v) is 0.948. The molecule has 0 saturated heterocycles. The molecule has 0 spiro atoms. The third-order valence-electron chi connectivity index (χ3n) is 1.40. The van der Waals surface area contributed by atoms with Gasteiger partial charge in [0.1, 0.15) is 11.5 Å². The van der Waals surface area contributed by atoms with Gasteiger partial charge < -0.3 is 4.74 Å². The van der Waals surface area contributed by atoms with E-state index in [0.29, 0.717) is 23.8 Å². The first-order chi connectivity index (χ1) is 6.18. The molecule has 0 atom stereocenters. The van der Waals surface area contributed by atoms with Crippen LogP contribution in [0.1, 0.15) is 13.3 Å². The van der Waals surface area contributed by atoms with E-state index in [1.54, 1.807) is 12.3 Å². The van der Waals surface area contributed by atoms with Crippen molar-refractivity contribution < 1.29 is 9.53 Å². The quantitative estimate of drug-likeness (QED) is 0.746. The molecule has 0 radical (unpaired) electrons.